The van der Waals surface area contributed by atoms with E-state index in [0.29, 0.717) is 40.3 Å². The molecule has 254 valence electrons. The van der Waals surface area contributed by atoms with Gasteiger partial charge in [0.25, 0.3) is 11.8 Å². The number of nitrogens with one attached hydrogen (secondary N) is 3. The molecule has 0 saturated heterocycles. The van der Waals surface area contributed by atoms with Gasteiger partial charge in [-0.3, -0.25) is 14.4 Å². The zero-order chi connectivity index (χ0) is 35.0. The van der Waals surface area contributed by atoms with Crippen molar-refractivity contribution < 1.29 is 47.7 Å². The first-order chi connectivity index (χ1) is 22.2. The molecule has 0 radical (unpaired) electrons. The zero-order valence-corrected chi connectivity index (χ0v) is 27.9. The van der Waals surface area contributed by atoms with Crippen molar-refractivity contribution in [3.63, 3.8) is 0 Å². The van der Waals surface area contributed by atoms with E-state index in [-0.39, 0.29) is 23.1 Å². The third-order valence-electron chi connectivity index (χ3n) is 7.52. The highest BCUT2D eigenvalue weighted by atomic mass is 16.6. The quantitative estimate of drug-likeness (QED) is 0.118. The van der Waals surface area contributed by atoms with Crippen LogP contribution in [0.4, 0.5) is 5.69 Å². The van der Waals surface area contributed by atoms with Crippen LogP contribution >= 0.6 is 0 Å². The molecule has 0 aliphatic carbocycles. The first kappa shape index (κ1) is 36.5. The lowest BCUT2D eigenvalue weighted by atomic mass is 10.0. The minimum atomic E-state index is -1.39. The topological polar surface area (TPSA) is 182 Å². The fraction of sp³-hybridized carbons (Fsp3) is 0.455. The third kappa shape index (κ3) is 9.28. The molecule has 0 spiro atoms. The summed E-state index contributed by atoms with van der Waals surface area (Å²) in [4.78, 5) is 79.5. The van der Waals surface area contributed by atoms with Gasteiger partial charge in [-0.05, 0) is 77.5 Å². The van der Waals surface area contributed by atoms with Crippen LogP contribution in [0.2, 0.25) is 0 Å². The maximum Gasteiger partial charge on any atom is 0.352 e. The Hall–Kier alpha value is -4.98. The second-order valence-electron chi connectivity index (χ2n) is 11.0. The van der Waals surface area contributed by atoms with Crippen LogP contribution in [0.1, 0.15) is 74.4 Å². The Labute approximate surface area is 273 Å². The minimum Gasteiger partial charge on any atom is -0.451 e. The van der Waals surface area contributed by atoms with Crippen molar-refractivity contribution in [1.82, 2.24) is 15.2 Å². The second-order valence-corrected chi connectivity index (χ2v) is 11.0. The molecule has 1 aromatic carbocycles. The Morgan fingerprint density at radius 3 is 2.11 bits per heavy atom. The molecular formula is C33H42N4O10. The minimum absolute atomic E-state index is 0.0846. The van der Waals surface area contributed by atoms with Crippen molar-refractivity contribution in [3.05, 3.63) is 46.3 Å². The predicted octanol–water partition coefficient (Wildman–Crippen LogP) is 2.92. The summed E-state index contributed by atoms with van der Waals surface area (Å²) in [6.07, 6.45) is -2.36. The van der Waals surface area contributed by atoms with E-state index >= 15 is 0 Å². The fourth-order valence-corrected chi connectivity index (χ4v) is 4.87. The Balaban J connectivity index is 1.70. The molecule has 47 heavy (non-hydrogen) atoms. The molecule has 2 aromatic rings. The number of ether oxygens (including phenoxy) is 4. The van der Waals surface area contributed by atoms with Crippen LogP contribution in [0, 0.1) is 13.8 Å². The number of aromatic amines is 1. The molecule has 2 heterocycles. The molecule has 0 bridgehead atoms. The van der Waals surface area contributed by atoms with Gasteiger partial charge in [0.1, 0.15) is 5.75 Å². The predicted molar refractivity (Wildman–Crippen MR) is 171 cm³/mol. The van der Waals surface area contributed by atoms with Crippen molar-refractivity contribution in [1.29, 1.82) is 0 Å². The van der Waals surface area contributed by atoms with Gasteiger partial charge in [0.15, 0.2) is 18.3 Å². The Morgan fingerprint density at radius 2 is 1.51 bits per heavy atom. The maximum atomic E-state index is 13.0. The molecule has 14 heteroatoms. The third-order valence-corrected chi connectivity index (χ3v) is 7.52. The average Bonchev–Trinajstić information content (AvgIpc) is 3.47. The first-order valence-corrected chi connectivity index (χ1v) is 15.3. The van der Waals surface area contributed by atoms with Gasteiger partial charge in [0.05, 0.1) is 11.1 Å². The molecular weight excluding hydrogens is 612 g/mol. The number of amides is 2. The standard InChI is InChI=1S/C33H42N4O10/c1-9-37(10-2)14-13-34-30(40)28-17(3)27(35-18(28)4)16-25-24-15-23(11-12-26(24)36-29(25)39)47-33(43)21(7)46-32(42)20(6)45-31(41)19(5)44-22(8)38/h11-12,15-16,19-21,35H,9-10,13-14H2,1-8H3,(H,34,40)(H,36,39)/b25-16-/t19-,20-,21-/m0/s1. The Kier molecular flexibility index (Phi) is 12.4. The molecule has 14 nitrogen and oxygen atoms in total. The van der Waals surface area contributed by atoms with E-state index < -0.39 is 42.2 Å². The summed E-state index contributed by atoms with van der Waals surface area (Å²) in [5, 5.41) is 5.74. The number of H-pyrrole nitrogens is 1. The van der Waals surface area contributed by atoms with Crippen LogP contribution in [-0.2, 0) is 38.2 Å². The lowest BCUT2D eigenvalue weighted by Crippen LogP contribution is -2.36. The van der Waals surface area contributed by atoms with E-state index in [1.807, 2.05) is 0 Å². The number of benzene rings is 1. The summed E-state index contributed by atoms with van der Waals surface area (Å²) in [6.45, 7) is 15.7. The van der Waals surface area contributed by atoms with Crippen LogP contribution in [0.5, 0.6) is 5.75 Å². The highest BCUT2D eigenvalue weighted by Gasteiger charge is 2.30. The summed E-state index contributed by atoms with van der Waals surface area (Å²) >= 11 is 0. The number of esters is 4. The van der Waals surface area contributed by atoms with Gasteiger partial charge in [-0.1, -0.05) is 13.8 Å². The van der Waals surface area contributed by atoms with Crippen LogP contribution in [-0.4, -0.2) is 90.1 Å². The number of nitrogens with zero attached hydrogens (tertiary/aromatic N) is 1. The summed E-state index contributed by atoms with van der Waals surface area (Å²) in [5.41, 5.74) is 3.66. The van der Waals surface area contributed by atoms with Crippen molar-refractivity contribution in [2.75, 3.05) is 31.5 Å². The van der Waals surface area contributed by atoms with Gasteiger partial charge < -0.3 is 39.5 Å². The molecule has 3 N–H and O–H groups in total. The van der Waals surface area contributed by atoms with Crippen LogP contribution in [0.15, 0.2) is 18.2 Å². The Bertz CT molecular complexity index is 1570. The molecule has 0 saturated carbocycles. The fourth-order valence-electron chi connectivity index (χ4n) is 4.87. The molecule has 1 aromatic heterocycles. The highest BCUT2D eigenvalue weighted by molar-refractivity contribution is 6.35. The molecule has 3 rings (SSSR count). The normalized spacial score (nSPS) is 14.9. The van der Waals surface area contributed by atoms with Gasteiger partial charge in [-0.2, -0.15) is 0 Å². The molecule has 0 unspecified atom stereocenters. The highest BCUT2D eigenvalue weighted by Crippen LogP contribution is 2.36. The number of fused-ring (bicyclic) bond motifs is 1. The van der Waals surface area contributed by atoms with E-state index in [4.69, 9.17) is 18.9 Å². The lowest BCUT2D eigenvalue weighted by Gasteiger charge is -2.18. The smallest absolute Gasteiger partial charge is 0.352 e. The number of carbonyl (C=O) groups is 6. The van der Waals surface area contributed by atoms with E-state index in [0.717, 1.165) is 26.6 Å². The lowest BCUT2D eigenvalue weighted by molar-refractivity contribution is -0.180. The SMILES string of the molecule is CCN(CC)CCNC(=O)c1c(C)[nH]c(/C=C2\C(=O)Nc3ccc(OC(=O)[C@H](C)OC(=O)[C@H](C)OC(=O)[C@H](C)OC(C)=O)cc32)c1C. The number of carbonyl (C=O) groups excluding carboxylic acids is 6. The largest absolute Gasteiger partial charge is 0.451 e. The summed E-state index contributed by atoms with van der Waals surface area (Å²) in [6, 6.07) is 4.54. The summed E-state index contributed by atoms with van der Waals surface area (Å²) < 4.78 is 20.2. The number of rotatable bonds is 14. The van der Waals surface area contributed by atoms with Crippen LogP contribution in [0.25, 0.3) is 11.6 Å². The van der Waals surface area contributed by atoms with Gasteiger partial charge >= 0.3 is 23.9 Å². The van der Waals surface area contributed by atoms with Gasteiger partial charge in [-0.15, -0.1) is 0 Å². The number of aromatic nitrogens is 1. The van der Waals surface area contributed by atoms with Crippen LogP contribution in [0.3, 0.4) is 0 Å². The van der Waals surface area contributed by atoms with E-state index in [9.17, 15) is 28.8 Å². The number of hydrogen-bond donors (Lipinski definition) is 3. The first-order valence-electron chi connectivity index (χ1n) is 15.3. The molecule has 1 aliphatic rings. The molecule has 2 amide bonds. The van der Waals surface area contributed by atoms with Crippen molar-refractivity contribution in [3.8, 4) is 5.75 Å². The number of hydrogen-bond acceptors (Lipinski definition) is 11. The zero-order valence-electron chi connectivity index (χ0n) is 27.9. The van der Waals surface area contributed by atoms with Gasteiger partial charge in [0, 0.05) is 42.7 Å². The van der Waals surface area contributed by atoms with Crippen LogP contribution < -0.4 is 15.4 Å². The number of anilines is 1. The molecule has 3 atom stereocenters. The second kappa shape index (κ2) is 16.0. The summed E-state index contributed by atoms with van der Waals surface area (Å²) in [7, 11) is 0. The number of aryl methyl sites for hydroxylation is 1. The summed E-state index contributed by atoms with van der Waals surface area (Å²) in [5.74, 6) is -4.09. The monoisotopic (exact) mass is 654 g/mol. The van der Waals surface area contributed by atoms with E-state index in [2.05, 4.69) is 34.4 Å². The Morgan fingerprint density at radius 1 is 0.915 bits per heavy atom. The molecule has 1 aliphatic heterocycles. The van der Waals surface area contributed by atoms with Gasteiger partial charge in [0.2, 0.25) is 0 Å². The molecule has 0 fully saturated rings. The average molecular weight is 655 g/mol. The van der Waals surface area contributed by atoms with Crippen molar-refractivity contribution in [2.24, 2.45) is 0 Å². The maximum absolute atomic E-state index is 13.0. The van der Waals surface area contributed by atoms with Gasteiger partial charge in [-0.25, -0.2) is 14.4 Å². The number of likely N-dealkylation sites (N-methyl/N-ethyl adjacent to an activating group) is 1. The van der Waals surface area contributed by atoms with E-state index in [1.54, 1.807) is 26.0 Å². The van der Waals surface area contributed by atoms with E-state index in [1.165, 1.54) is 32.9 Å². The van der Waals surface area contributed by atoms with Crippen molar-refractivity contribution in [2.45, 2.75) is 73.7 Å². The van der Waals surface area contributed by atoms with Crippen molar-refractivity contribution >= 4 is 53.0 Å².